The van der Waals surface area contributed by atoms with E-state index in [4.69, 9.17) is 9.15 Å². The van der Waals surface area contributed by atoms with Crippen molar-refractivity contribution in [3.05, 3.63) is 65.0 Å². The van der Waals surface area contributed by atoms with E-state index in [1.807, 2.05) is 30.3 Å². The molecular weight excluding hydrogens is 338 g/mol. The molecule has 0 bridgehead atoms. The van der Waals surface area contributed by atoms with Crippen molar-refractivity contribution in [3.8, 4) is 28.7 Å². The SMILES string of the molecule is CCN(CC)CC#CCOc1ccc2c(=O)c(-c3ccccc3)coc2c1. The lowest BCUT2D eigenvalue weighted by atomic mass is 10.1. The van der Waals surface area contributed by atoms with Crippen LogP contribution in [0.2, 0.25) is 0 Å². The molecule has 0 fully saturated rings. The van der Waals surface area contributed by atoms with E-state index < -0.39 is 0 Å². The lowest BCUT2D eigenvalue weighted by Gasteiger charge is -2.13. The summed E-state index contributed by atoms with van der Waals surface area (Å²) >= 11 is 0. The van der Waals surface area contributed by atoms with Crippen molar-refractivity contribution < 1.29 is 9.15 Å². The van der Waals surface area contributed by atoms with E-state index >= 15 is 0 Å². The van der Waals surface area contributed by atoms with Gasteiger partial charge in [-0.1, -0.05) is 56.0 Å². The third kappa shape index (κ3) is 4.58. The van der Waals surface area contributed by atoms with Gasteiger partial charge >= 0.3 is 0 Å². The number of rotatable bonds is 6. The molecule has 0 aliphatic carbocycles. The van der Waals surface area contributed by atoms with Crippen LogP contribution in [0, 0.1) is 11.8 Å². The minimum Gasteiger partial charge on any atom is -0.481 e. The molecule has 2 aromatic carbocycles. The van der Waals surface area contributed by atoms with Crippen LogP contribution in [0.4, 0.5) is 0 Å². The van der Waals surface area contributed by atoms with Crippen LogP contribution in [-0.2, 0) is 0 Å². The Kier molecular flexibility index (Phi) is 6.30. The molecule has 0 amide bonds. The maximum atomic E-state index is 12.7. The number of fused-ring (bicyclic) bond motifs is 1. The molecule has 0 saturated heterocycles. The summed E-state index contributed by atoms with van der Waals surface area (Å²) in [6.07, 6.45) is 1.51. The summed E-state index contributed by atoms with van der Waals surface area (Å²) in [5.41, 5.74) is 1.86. The predicted octanol–water partition coefficient (Wildman–Crippen LogP) is 4.18. The number of benzene rings is 2. The Morgan fingerprint density at radius 1 is 1.04 bits per heavy atom. The van der Waals surface area contributed by atoms with Crippen LogP contribution >= 0.6 is 0 Å². The fourth-order valence-electron chi connectivity index (χ4n) is 2.80. The Hall–Kier alpha value is -3.03. The van der Waals surface area contributed by atoms with Crippen LogP contribution in [-0.4, -0.2) is 31.1 Å². The summed E-state index contributed by atoms with van der Waals surface area (Å²) in [6.45, 7) is 7.26. The highest BCUT2D eigenvalue weighted by Gasteiger charge is 2.09. The van der Waals surface area contributed by atoms with Crippen LogP contribution < -0.4 is 10.2 Å². The smallest absolute Gasteiger partial charge is 0.200 e. The van der Waals surface area contributed by atoms with Gasteiger partial charge in [-0.2, -0.15) is 0 Å². The summed E-state index contributed by atoms with van der Waals surface area (Å²) in [5, 5.41) is 0.538. The number of nitrogens with zero attached hydrogens (tertiary/aromatic N) is 1. The van der Waals surface area contributed by atoms with Crippen LogP contribution in [0.5, 0.6) is 5.75 Å². The Bertz CT molecular complexity index is 1010. The molecule has 1 heterocycles. The third-order valence-corrected chi connectivity index (χ3v) is 4.46. The molecule has 4 nitrogen and oxygen atoms in total. The largest absolute Gasteiger partial charge is 0.481 e. The Morgan fingerprint density at radius 2 is 1.81 bits per heavy atom. The van der Waals surface area contributed by atoms with Gasteiger partial charge in [-0.15, -0.1) is 0 Å². The van der Waals surface area contributed by atoms with Crippen molar-refractivity contribution in [2.45, 2.75) is 13.8 Å². The van der Waals surface area contributed by atoms with Gasteiger partial charge in [0.2, 0.25) is 0 Å². The van der Waals surface area contributed by atoms with E-state index in [1.54, 1.807) is 18.2 Å². The Morgan fingerprint density at radius 3 is 2.56 bits per heavy atom. The van der Waals surface area contributed by atoms with Gasteiger partial charge in [0.1, 0.15) is 24.2 Å². The minimum absolute atomic E-state index is 0.0481. The average molecular weight is 361 g/mol. The third-order valence-electron chi connectivity index (χ3n) is 4.46. The van der Waals surface area contributed by atoms with Gasteiger partial charge in [0.25, 0.3) is 0 Å². The summed E-state index contributed by atoms with van der Waals surface area (Å²) in [4.78, 5) is 15.0. The monoisotopic (exact) mass is 361 g/mol. The lowest BCUT2D eigenvalue weighted by Crippen LogP contribution is -2.22. The topological polar surface area (TPSA) is 42.7 Å². The maximum absolute atomic E-state index is 12.7. The number of ether oxygens (including phenoxy) is 1. The molecule has 0 saturated carbocycles. The standard InChI is InChI=1S/C23H23NO3/c1-3-24(4-2)14-8-9-15-26-19-12-13-20-22(16-19)27-17-21(23(20)25)18-10-6-5-7-11-18/h5-7,10-13,16-17H,3-4,14-15H2,1-2H3. The van der Waals surface area contributed by atoms with Crippen molar-refractivity contribution in [3.63, 3.8) is 0 Å². The first-order valence-electron chi connectivity index (χ1n) is 9.14. The van der Waals surface area contributed by atoms with E-state index in [0.717, 1.165) is 25.2 Å². The highest BCUT2D eigenvalue weighted by atomic mass is 16.5. The molecule has 27 heavy (non-hydrogen) atoms. The van der Waals surface area contributed by atoms with Crippen LogP contribution in [0.15, 0.2) is 64.0 Å². The van der Waals surface area contributed by atoms with E-state index in [1.165, 1.54) is 6.26 Å². The normalized spacial score (nSPS) is 10.6. The van der Waals surface area contributed by atoms with Gasteiger partial charge in [0.05, 0.1) is 17.5 Å². The molecule has 0 aliphatic rings. The van der Waals surface area contributed by atoms with Crippen LogP contribution in [0.3, 0.4) is 0 Å². The molecule has 0 aliphatic heterocycles. The second-order valence-corrected chi connectivity index (χ2v) is 6.11. The second kappa shape index (κ2) is 9.07. The van der Waals surface area contributed by atoms with E-state index in [-0.39, 0.29) is 5.43 Å². The first-order chi connectivity index (χ1) is 13.2. The highest BCUT2D eigenvalue weighted by molar-refractivity contribution is 5.82. The van der Waals surface area contributed by atoms with Gasteiger partial charge < -0.3 is 9.15 Å². The fraction of sp³-hybridized carbons (Fsp3) is 0.261. The molecule has 1 aromatic heterocycles. The molecule has 0 atom stereocenters. The zero-order valence-corrected chi connectivity index (χ0v) is 15.7. The molecular formula is C23H23NO3. The molecule has 138 valence electrons. The van der Waals surface area contributed by atoms with Crippen LogP contribution in [0.1, 0.15) is 13.8 Å². The highest BCUT2D eigenvalue weighted by Crippen LogP contribution is 2.22. The summed E-state index contributed by atoms with van der Waals surface area (Å²) in [7, 11) is 0. The Balaban J connectivity index is 1.73. The lowest BCUT2D eigenvalue weighted by molar-refractivity contribution is 0.341. The second-order valence-electron chi connectivity index (χ2n) is 6.11. The average Bonchev–Trinajstić information content (AvgIpc) is 2.71. The van der Waals surface area contributed by atoms with Crippen molar-refractivity contribution in [2.24, 2.45) is 0 Å². The molecule has 0 unspecified atom stereocenters. The zero-order valence-electron chi connectivity index (χ0n) is 15.7. The number of hydrogen-bond donors (Lipinski definition) is 0. The van der Waals surface area contributed by atoms with Gasteiger partial charge in [-0.3, -0.25) is 9.69 Å². The molecule has 4 heteroatoms. The maximum Gasteiger partial charge on any atom is 0.200 e. The van der Waals surface area contributed by atoms with Gasteiger partial charge in [0, 0.05) is 6.07 Å². The van der Waals surface area contributed by atoms with Crippen LogP contribution in [0.25, 0.3) is 22.1 Å². The van der Waals surface area contributed by atoms with Gasteiger partial charge in [0.15, 0.2) is 5.43 Å². The van der Waals surface area contributed by atoms with Gasteiger partial charge in [-0.05, 0) is 30.8 Å². The zero-order chi connectivity index (χ0) is 19.1. The van der Waals surface area contributed by atoms with Crippen molar-refractivity contribution in [1.29, 1.82) is 0 Å². The van der Waals surface area contributed by atoms with Gasteiger partial charge in [-0.25, -0.2) is 0 Å². The van der Waals surface area contributed by atoms with E-state index in [9.17, 15) is 4.79 Å². The molecule has 0 N–H and O–H groups in total. The summed E-state index contributed by atoms with van der Waals surface area (Å²) < 4.78 is 11.3. The van der Waals surface area contributed by atoms with Crippen molar-refractivity contribution in [1.82, 2.24) is 4.90 Å². The predicted molar refractivity (Wildman–Crippen MR) is 109 cm³/mol. The first kappa shape index (κ1) is 18.8. The Labute approximate surface area is 159 Å². The minimum atomic E-state index is -0.0481. The fourth-order valence-corrected chi connectivity index (χ4v) is 2.80. The molecule has 3 aromatic rings. The molecule has 3 rings (SSSR count). The quantitative estimate of drug-likeness (QED) is 0.618. The van der Waals surface area contributed by atoms with Crippen molar-refractivity contribution >= 4 is 11.0 Å². The van der Waals surface area contributed by atoms with Crippen molar-refractivity contribution in [2.75, 3.05) is 26.2 Å². The molecule has 0 spiro atoms. The summed E-state index contributed by atoms with van der Waals surface area (Å²) in [5.74, 6) is 6.76. The summed E-state index contributed by atoms with van der Waals surface area (Å²) in [6, 6.07) is 14.8. The number of hydrogen-bond acceptors (Lipinski definition) is 4. The first-order valence-corrected chi connectivity index (χ1v) is 9.14. The van der Waals surface area contributed by atoms with E-state index in [2.05, 4.69) is 30.6 Å². The van der Waals surface area contributed by atoms with E-state index in [0.29, 0.717) is 28.9 Å². The molecule has 0 radical (unpaired) electrons.